The number of para-hydroxylation sites is 1. The van der Waals surface area contributed by atoms with Crippen molar-refractivity contribution in [2.45, 2.75) is 13.3 Å². The molecule has 0 amide bonds. The number of benzene rings is 2. The summed E-state index contributed by atoms with van der Waals surface area (Å²) in [4.78, 5) is 3.45. The number of hydrogen-bond donors (Lipinski definition) is 1. The van der Waals surface area contributed by atoms with Gasteiger partial charge >= 0.3 is 0 Å². The molecule has 0 atom stereocenters. The van der Waals surface area contributed by atoms with E-state index >= 15 is 0 Å². The molecule has 0 aliphatic carbocycles. The van der Waals surface area contributed by atoms with Gasteiger partial charge in [-0.2, -0.15) is 0 Å². The third-order valence-corrected chi connectivity index (χ3v) is 4.42. The zero-order valence-corrected chi connectivity index (χ0v) is 13.1. The molecule has 3 heteroatoms. The van der Waals surface area contributed by atoms with Crippen LogP contribution in [0.2, 0.25) is 0 Å². The number of aromatic nitrogens is 1. The molecule has 2 nitrogen and oxygen atoms in total. The number of hydrogen-bond acceptors (Lipinski definition) is 1. The minimum atomic E-state index is 0.883. The van der Waals surface area contributed by atoms with Gasteiger partial charge in [0.05, 0.1) is 7.11 Å². The molecule has 0 saturated carbocycles. The molecule has 1 N–H and O–H groups in total. The number of ether oxygens (including phenoxy) is 1. The molecule has 2 aromatic carbocycles. The Labute approximate surface area is 126 Å². The number of aromatic amines is 1. The van der Waals surface area contributed by atoms with Gasteiger partial charge in [-0.05, 0) is 42.3 Å². The van der Waals surface area contributed by atoms with Crippen molar-refractivity contribution in [3.63, 3.8) is 0 Å². The van der Waals surface area contributed by atoms with Crippen molar-refractivity contribution in [3.05, 3.63) is 63.8 Å². The topological polar surface area (TPSA) is 25.0 Å². The van der Waals surface area contributed by atoms with Gasteiger partial charge in [0.1, 0.15) is 5.75 Å². The maximum atomic E-state index is 5.32. The highest BCUT2D eigenvalue weighted by Crippen LogP contribution is 2.29. The number of rotatable bonds is 3. The van der Waals surface area contributed by atoms with Crippen molar-refractivity contribution in [1.29, 1.82) is 0 Å². The second-order valence-electron chi connectivity index (χ2n) is 4.91. The number of H-pyrrole nitrogens is 1. The Balaban J connectivity index is 2.07. The maximum absolute atomic E-state index is 5.32. The lowest BCUT2D eigenvalue weighted by molar-refractivity contribution is 0.414. The van der Waals surface area contributed by atoms with E-state index < -0.39 is 0 Å². The SMILES string of the molecule is COc1ccc(Br)c(Cc2c(C)[nH]c3ccccc23)c1. The molecule has 0 bridgehead atoms. The Bertz CT molecular complexity index is 761. The van der Waals surface area contributed by atoms with Crippen molar-refractivity contribution < 1.29 is 4.74 Å². The van der Waals surface area contributed by atoms with Crippen LogP contribution in [0.15, 0.2) is 46.9 Å². The molecular formula is C17H16BrNO. The Morgan fingerprint density at radius 1 is 1.15 bits per heavy atom. The highest BCUT2D eigenvalue weighted by atomic mass is 79.9. The number of nitrogens with one attached hydrogen (secondary N) is 1. The van der Waals surface area contributed by atoms with Crippen molar-refractivity contribution in [3.8, 4) is 5.75 Å². The van der Waals surface area contributed by atoms with Crippen LogP contribution in [-0.4, -0.2) is 12.1 Å². The summed E-state index contributed by atoms with van der Waals surface area (Å²) in [6.07, 6.45) is 0.883. The highest BCUT2D eigenvalue weighted by molar-refractivity contribution is 9.10. The van der Waals surface area contributed by atoms with Gasteiger partial charge in [0, 0.05) is 27.5 Å². The quantitative estimate of drug-likeness (QED) is 0.730. The first-order valence-corrected chi connectivity index (χ1v) is 7.37. The summed E-state index contributed by atoms with van der Waals surface area (Å²) < 4.78 is 6.43. The van der Waals surface area contributed by atoms with Gasteiger partial charge in [-0.15, -0.1) is 0 Å². The van der Waals surface area contributed by atoms with Gasteiger partial charge in [0.2, 0.25) is 0 Å². The summed E-state index contributed by atoms with van der Waals surface area (Å²) in [7, 11) is 1.70. The monoisotopic (exact) mass is 329 g/mol. The smallest absolute Gasteiger partial charge is 0.119 e. The summed E-state index contributed by atoms with van der Waals surface area (Å²) in [5.41, 5.74) is 4.99. The van der Waals surface area contributed by atoms with Gasteiger partial charge in [0.25, 0.3) is 0 Å². The number of fused-ring (bicyclic) bond motifs is 1. The minimum absolute atomic E-state index is 0.883. The molecule has 3 aromatic rings. The molecular weight excluding hydrogens is 314 g/mol. The molecule has 1 heterocycles. The number of aryl methyl sites for hydroxylation is 1. The summed E-state index contributed by atoms with van der Waals surface area (Å²) in [6, 6.07) is 14.5. The van der Waals surface area contributed by atoms with E-state index in [-0.39, 0.29) is 0 Å². The third kappa shape index (κ3) is 2.34. The van der Waals surface area contributed by atoms with Crippen LogP contribution in [0.4, 0.5) is 0 Å². The first kappa shape index (κ1) is 13.3. The average molecular weight is 330 g/mol. The minimum Gasteiger partial charge on any atom is -0.497 e. The summed E-state index contributed by atoms with van der Waals surface area (Å²) in [6.45, 7) is 2.13. The van der Waals surface area contributed by atoms with E-state index in [1.807, 2.05) is 12.1 Å². The van der Waals surface area contributed by atoms with Crippen molar-refractivity contribution in [2.75, 3.05) is 7.11 Å². The number of halogens is 1. The Hall–Kier alpha value is -1.74. The molecule has 1 aromatic heterocycles. The Morgan fingerprint density at radius 3 is 2.75 bits per heavy atom. The van der Waals surface area contributed by atoms with Crippen LogP contribution < -0.4 is 4.74 Å². The Morgan fingerprint density at radius 2 is 1.95 bits per heavy atom. The molecule has 0 spiro atoms. The summed E-state index contributed by atoms with van der Waals surface area (Å²) >= 11 is 3.63. The predicted molar refractivity (Wildman–Crippen MR) is 86.5 cm³/mol. The molecule has 102 valence electrons. The Kier molecular flexibility index (Phi) is 3.53. The second kappa shape index (κ2) is 5.33. The van der Waals surface area contributed by atoms with Crippen molar-refractivity contribution in [2.24, 2.45) is 0 Å². The van der Waals surface area contributed by atoms with Gasteiger partial charge < -0.3 is 9.72 Å². The van der Waals surface area contributed by atoms with Crippen LogP contribution in [0.25, 0.3) is 10.9 Å². The first-order chi connectivity index (χ1) is 9.69. The molecule has 0 aliphatic heterocycles. The lowest BCUT2D eigenvalue weighted by Crippen LogP contribution is -1.93. The van der Waals surface area contributed by atoms with Gasteiger partial charge in [0.15, 0.2) is 0 Å². The first-order valence-electron chi connectivity index (χ1n) is 6.57. The summed E-state index contributed by atoms with van der Waals surface area (Å²) in [5, 5.41) is 1.29. The van der Waals surface area contributed by atoms with Crippen LogP contribution in [0.1, 0.15) is 16.8 Å². The zero-order chi connectivity index (χ0) is 14.1. The number of methoxy groups -OCH3 is 1. The van der Waals surface area contributed by atoms with Crippen molar-refractivity contribution >= 4 is 26.8 Å². The molecule has 0 radical (unpaired) electrons. The fraction of sp³-hybridized carbons (Fsp3) is 0.176. The molecule has 0 unspecified atom stereocenters. The second-order valence-corrected chi connectivity index (χ2v) is 5.76. The van der Waals surface area contributed by atoms with Crippen LogP contribution in [0.3, 0.4) is 0 Å². The lowest BCUT2D eigenvalue weighted by Gasteiger charge is -2.08. The van der Waals surface area contributed by atoms with Crippen LogP contribution in [0.5, 0.6) is 5.75 Å². The fourth-order valence-electron chi connectivity index (χ4n) is 2.57. The van der Waals surface area contributed by atoms with Crippen LogP contribution in [-0.2, 0) is 6.42 Å². The zero-order valence-electron chi connectivity index (χ0n) is 11.5. The van der Waals surface area contributed by atoms with Crippen LogP contribution in [0, 0.1) is 6.92 Å². The van der Waals surface area contributed by atoms with E-state index in [0.717, 1.165) is 16.6 Å². The van der Waals surface area contributed by atoms with E-state index in [0.29, 0.717) is 0 Å². The molecule has 3 rings (SSSR count). The predicted octanol–water partition coefficient (Wildman–Crippen LogP) is 4.84. The van der Waals surface area contributed by atoms with Crippen molar-refractivity contribution in [1.82, 2.24) is 4.98 Å². The van der Waals surface area contributed by atoms with E-state index in [9.17, 15) is 0 Å². The van der Waals surface area contributed by atoms with Gasteiger partial charge in [-0.3, -0.25) is 0 Å². The fourth-order valence-corrected chi connectivity index (χ4v) is 2.95. The van der Waals surface area contributed by atoms with E-state index in [1.165, 1.54) is 27.7 Å². The van der Waals surface area contributed by atoms with Gasteiger partial charge in [-0.25, -0.2) is 0 Å². The van der Waals surface area contributed by atoms with Gasteiger partial charge in [-0.1, -0.05) is 34.1 Å². The summed E-state index contributed by atoms with van der Waals surface area (Å²) in [5.74, 6) is 0.890. The highest BCUT2D eigenvalue weighted by Gasteiger charge is 2.11. The molecule has 0 saturated heterocycles. The third-order valence-electron chi connectivity index (χ3n) is 3.65. The van der Waals surface area contributed by atoms with E-state index in [1.54, 1.807) is 7.11 Å². The molecule has 20 heavy (non-hydrogen) atoms. The molecule has 0 fully saturated rings. The van der Waals surface area contributed by atoms with E-state index in [2.05, 4.69) is 58.2 Å². The van der Waals surface area contributed by atoms with Crippen LogP contribution >= 0.6 is 15.9 Å². The largest absolute Gasteiger partial charge is 0.497 e. The lowest BCUT2D eigenvalue weighted by atomic mass is 10.0. The maximum Gasteiger partial charge on any atom is 0.119 e. The van der Waals surface area contributed by atoms with E-state index in [4.69, 9.17) is 4.74 Å². The normalized spacial score (nSPS) is 10.9. The standard InChI is InChI=1S/C17H16BrNO/c1-11-15(14-5-3-4-6-17(14)19-11)10-12-9-13(20-2)7-8-16(12)18/h3-9,19H,10H2,1-2H3. The molecule has 0 aliphatic rings. The average Bonchev–Trinajstić information content (AvgIpc) is 2.77.